The summed E-state index contributed by atoms with van der Waals surface area (Å²) in [6.45, 7) is 8.11. The van der Waals surface area contributed by atoms with E-state index in [2.05, 4.69) is 47.2 Å². The highest BCUT2D eigenvalue weighted by Crippen LogP contribution is 2.23. The Kier molecular flexibility index (Phi) is 10.8. The summed E-state index contributed by atoms with van der Waals surface area (Å²) in [5, 5.41) is 19.9. The second-order valence-corrected chi connectivity index (χ2v) is 9.57. The molecule has 9 nitrogen and oxygen atoms in total. The van der Waals surface area contributed by atoms with Crippen LogP contribution in [0.25, 0.3) is 0 Å². The Bertz CT molecular complexity index is 1420. The Balaban J connectivity index is 0.000000616. The standard InChI is InChI=1S/C28H32N4O3.C2HF3O2/c1-20-10-11-21(2)26(16-20)31-12-14-32(15-13-31)28(29-19-22-6-4-9-25(17-22)35-3)30-24-8-5-7-23(18-24)27(33)34;3-2(4,5)1(6)7/h4-11,16-18H,12-15,19H2,1-3H3,(H,29,30)(H,33,34);(H,6,7). The van der Waals surface area contributed by atoms with E-state index in [1.807, 2.05) is 30.3 Å². The molecule has 42 heavy (non-hydrogen) atoms. The molecule has 0 radical (unpaired) electrons. The van der Waals surface area contributed by atoms with E-state index in [1.54, 1.807) is 25.3 Å². The van der Waals surface area contributed by atoms with Gasteiger partial charge in [-0.05, 0) is 66.9 Å². The minimum absolute atomic E-state index is 0.238. The van der Waals surface area contributed by atoms with Gasteiger partial charge in [0.2, 0.25) is 0 Å². The van der Waals surface area contributed by atoms with Gasteiger partial charge in [0.25, 0.3) is 0 Å². The van der Waals surface area contributed by atoms with Gasteiger partial charge < -0.3 is 30.1 Å². The first-order chi connectivity index (χ1) is 19.9. The second-order valence-electron chi connectivity index (χ2n) is 9.57. The summed E-state index contributed by atoms with van der Waals surface area (Å²) in [6, 6.07) is 21.3. The van der Waals surface area contributed by atoms with Gasteiger partial charge in [-0.2, -0.15) is 13.2 Å². The van der Waals surface area contributed by atoms with Gasteiger partial charge in [0.15, 0.2) is 5.96 Å². The number of methoxy groups -OCH3 is 1. The van der Waals surface area contributed by atoms with E-state index >= 15 is 0 Å². The SMILES string of the molecule is COc1cccc(CN=C(Nc2cccc(C(=O)O)c2)N2CCN(c3cc(C)ccc3C)CC2)c1.O=C(O)C(F)(F)F. The monoisotopic (exact) mass is 586 g/mol. The van der Waals surface area contributed by atoms with E-state index in [0.29, 0.717) is 12.2 Å². The van der Waals surface area contributed by atoms with Crippen LogP contribution in [0, 0.1) is 13.8 Å². The molecule has 1 saturated heterocycles. The highest BCUT2D eigenvalue weighted by molar-refractivity contribution is 5.96. The third-order valence-electron chi connectivity index (χ3n) is 6.44. The number of nitrogens with zero attached hydrogens (tertiary/aromatic N) is 3. The van der Waals surface area contributed by atoms with Gasteiger partial charge in [-0.1, -0.05) is 30.3 Å². The third-order valence-corrected chi connectivity index (χ3v) is 6.44. The van der Waals surface area contributed by atoms with Gasteiger partial charge in [-0.3, -0.25) is 0 Å². The van der Waals surface area contributed by atoms with Gasteiger partial charge in [0.05, 0.1) is 19.2 Å². The predicted molar refractivity (Wildman–Crippen MR) is 155 cm³/mol. The number of rotatable bonds is 6. The number of hydrogen-bond donors (Lipinski definition) is 3. The fourth-order valence-electron chi connectivity index (χ4n) is 4.23. The van der Waals surface area contributed by atoms with Crippen molar-refractivity contribution in [1.29, 1.82) is 0 Å². The van der Waals surface area contributed by atoms with E-state index in [1.165, 1.54) is 16.8 Å². The molecule has 3 aromatic carbocycles. The van der Waals surface area contributed by atoms with E-state index in [9.17, 15) is 23.1 Å². The van der Waals surface area contributed by atoms with Gasteiger partial charge in [-0.25, -0.2) is 14.6 Å². The number of nitrogens with one attached hydrogen (secondary N) is 1. The van der Waals surface area contributed by atoms with Crippen molar-refractivity contribution in [2.45, 2.75) is 26.6 Å². The summed E-state index contributed by atoms with van der Waals surface area (Å²) in [7, 11) is 1.65. The maximum atomic E-state index is 11.4. The molecule has 1 heterocycles. The number of piperazine rings is 1. The minimum atomic E-state index is -5.08. The van der Waals surface area contributed by atoms with Crippen LogP contribution in [0.5, 0.6) is 5.75 Å². The van der Waals surface area contributed by atoms with Crippen LogP contribution >= 0.6 is 0 Å². The number of aliphatic carboxylic acids is 1. The molecule has 0 saturated carbocycles. The zero-order chi connectivity index (χ0) is 30.9. The number of anilines is 2. The number of ether oxygens (including phenoxy) is 1. The largest absolute Gasteiger partial charge is 0.497 e. The zero-order valence-corrected chi connectivity index (χ0v) is 23.5. The molecule has 0 aromatic heterocycles. The Morgan fingerprint density at radius 1 is 0.952 bits per heavy atom. The number of alkyl halides is 3. The molecule has 0 aliphatic carbocycles. The Hall–Kier alpha value is -4.74. The average molecular weight is 587 g/mol. The lowest BCUT2D eigenvalue weighted by atomic mass is 10.1. The molecule has 0 spiro atoms. The second kappa shape index (κ2) is 14.2. The molecule has 0 unspecified atom stereocenters. The van der Waals surface area contributed by atoms with Crippen molar-refractivity contribution in [3.63, 3.8) is 0 Å². The van der Waals surface area contributed by atoms with Crippen LogP contribution in [0.4, 0.5) is 24.5 Å². The van der Waals surface area contributed by atoms with E-state index in [4.69, 9.17) is 19.6 Å². The van der Waals surface area contributed by atoms with Crippen LogP contribution in [-0.2, 0) is 11.3 Å². The molecule has 0 atom stereocenters. The highest BCUT2D eigenvalue weighted by atomic mass is 19.4. The number of hydrogen-bond acceptors (Lipinski definition) is 5. The van der Waals surface area contributed by atoms with Crippen molar-refractivity contribution >= 4 is 29.3 Å². The Labute approximate surface area is 241 Å². The molecule has 0 bridgehead atoms. The van der Waals surface area contributed by atoms with Crippen LogP contribution in [0.3, 0.4) is 0 Å². The first-order valence-electron chi connectivity index (χ1n) is 13.0. The number of carboxylic acids is 2. The fraction of sp³-hybridized carbons (Fsp3) is 0.300. The highest BCUT2D eigenvalue weighted by Gasteiger charge is 2.38. The third kappa shape index (κ3) is 9.15. The van der Waals surface area contributed by atoms with E-state index in [-0.39, 0.29) is 5.56 Å². The van der Waals surface area contributed by atoms with E-state index in [0.717, 1.165) is 43.5 Å². The molecule has 1 aliphatic rings. The number of aliphatic imine (C=N–C) groups is 1. The van der Waals surface area contributed by atoms with Crippen LogP contribution in [0.15, 0.2) is 71.7 Å². The maximum Gasteiger partial charge on any atom is 0.490 e. The summed E-state index contributed by atoms with van der Waals surface area (Å²) >= 11 is 0. The van der Waals surface area contributed by atoms with Crippen molar-refractivity contribution in [3.8, 4) is 5.75 Å². The van der Waals surface area contributed by atoms with Gasteiger partial charge in [0.1, 0.15) is 5.75 Å². The molecule has 0 amide bonds. The maximum absolute atomic E-state index is 11.4. The molecular weight excluding hydrogens is 553 g/mol. The lowest BCUT2D eigenvalue weighted by Gasteiger charge is -2.38. The quantitative estimate of drug-likeness (QED) is 0.259. The summed E-state index contributed by atoms with van der Waals surface area (Å²) in [5.74, 6) is -2.18. The normalized spacial score (nSPS) is 13.6. The lowest BCUT2D eigenvalue weighted by molar-refractivity contribution is -0.192. The Morgan fingerprint density at radius 2 is 1.62 bits per heavy atom. The summed E-state index contributed by atoms with van der Waals surface area (Å²) in [5.41, 5.74) is 5.79. The fourth-order valence-corrected chi connectivity index (χ4v) is 4.23. The van der Waals surface area contributed by atoms with Crippen molar-refractivity contribution in [2.24, 2.45) is 4.99 Å². The number of aromatic carboxylic acids is 1. The molecule has 224 valence electrons. The molecule has 3 aromatic rings. The number of guanidine groups is 1. The molecule has 4 rings (SSSR count). The summed E-state index contributed by atoms with van der Waals surface area (Å²) < 4.78 is 37.1. The van der Waals surface area contributed by atoms with Gasteiger partial charge in [-0.15, -0.1) is 0 Å². The average Bonchev–Trinajstić information content (AvgIpc) is 2.96. The van der Waals surface area contributed by atoms with E-state index < -0.39 is 18.1 Å². The molecular formula is C30H33F3N4O5. The van der Waals surface area contributed by atoms with Crippen LogP contribution in [-0.4, -0.2) is 72.5 Å². The summed E-state index contributed by atoms with van der Waals surface area (Å²) in [4.78, 5) is 29.9. The topological polar surface area (TPSA) is 115 Å². The van der Waals surface area contributed by atoms with Crippen molar-refractivity contribution in [3.05, 3.63) is 89.0 Å². The van der Waals surface area contributed by atoms with Crippen LogP contribution in [0.1, 0.15) is 27.0 Å². The lowest BCUT2D eigenvalue weighted by Crippen LogP contribution is -2.51. The summed E-state index contributed by atoms with van der Waals surface area (Å²) in [6.07, 6.45) is -5.08. The minimum Gasteiger partial charge on any atom is -0.497 e. The van der Waals surface area contributed by atoms with Crippen molar-refractivity contribution in [1.82, 2.24) is 4.90 Å². The predicted octanol–water partition coefficient (Wildman–Crippen LogP) is 5.43. The van der Waals surface area contributed by atoms with Gasteiger partial charge in [0, 0.05) is 37.6 Å². The molecule has 1 aliphatic heterocycles. The van der Waals surface area contributed by atoms with Crippen LogP contribution < -0.4 is 15.0 Å². The molecule has 12 heteroatoms. The zero-order valence-electron chi connectivity index (χ0n) is 23.5. The smallest absolute Gasteiger partial charge is 0.490 e. The number of aryl methyl sites for hydroxylation is 2. The molecule has 1 fully saturated rings. The first kappa shape index (κ1) is 31.8. The molecule has 3 N–H and O–H groups in total. The van der Waals surface area contributed by atoms with Crippen molar-refractivity contribution < 1.29 is 37.7 Å². The number of carbonyl (C=O) groups is 2. The Morgan fingerprint density at radius 3 is 2.24 bits per heavy atom. The first-order valence-corrected chi connectivity index (χ1v) is 13.0. The number of halogens is 3. The number of carboxylic acid groups (broad SMARTS) is 2. The van der Waals surface area contributed by atoms with Gasteiger partial charge >= 0.3 is 18.1 Å². The number of benzene rings is 3. The van der Waals surface area contributed by atoms with Crippen molar-refractivity contribution in [2.75, 3.05) is 43.5 Å². The van der Waals surface area contributed by atoms with Crippen LogP contribution in [0.2, 0.25) is 0 Å².